The molecule has 1 amide bonds. The first kappa shape index (κ1) is 19.2. The maximum Gasteiger partial charge on any atom is 0.236 e. The summed E-state index contributed by atoms with van der Waals surface area (Å²) < 4.78 is 5.65. The van der Waals surface area contributed by atoms with E-state index in [0.29, 0.717) is 12.5 Å². The van der Waals surface area contributed by atoms with Gasteiger partial charge in [0.15, 0.2) is 0 Å². The van der Waals surface area contributed by atoms with Crippen molar-refractivity contribution >= 4 is 16.7 Å². The molecule has 2 fully saturated rings. The summed E-state index contributed by atoms with van der Waals surface area (Å²) in [7, 11) is 1.75. The first-order valence-electron chi connectivity index (χ1n) is 10.5. The number of benzene rings is 2. The van der Waals surface area contributed by atoms with Crippen LogP contribution in [0, 0.1) is 0 Å². The van der Waals surface area contributed by atoms with E-state index >= 15 is 0 Å². The molecule has 150 valence electrons. The third-order valence-electron chi connectivity index (χ3n) is 6.13. The third-order valence-corrected chi connectivity index (χ3v) is 6.13. The van der Waals surface area contributed by atoms with Crippen molar-refractivity contribution in [3.05, 3.63) is 42.0 Å². The summed E-state index contributed by atoms with van der Waals surface area (Å²) in [5.74, 6) is 1.27. The van der Waals surface area contributed by atoms with Crippen molar-refractivity contribution in [3.8, 4) is 5.75 Å². The summed E-state index contributed by atoms with van der Waals surface area (Å²) in [6, 6.07) is 12.7. The Kier molecular flexibility index (Phi) is 6.13. The Morgan fingerprint density at radius 2 is 1.61 bits per heavy atom. The second kappa shape index (κ2) is 8.93. The standard InChI is InChI=1S/C23H31N3O2/c1-28-22-10-9-19-7-3-4-8-20(19)21(22)17-24-13-15-25(16-14-24)18-23(27)26-11-5-2-6-12-26/h3-4,7-10H,2,5-6,11-18H2,1H3. The number of piperidine rings is 1. The second-order valence-corrected chi connectivity index (χ2v) is 7.96. The lowest BCUT2D eigenvalue weighted by molar-refractivity contribution is -0.133. The van der Waals surface area contributed by atoms with Gasteiger partial charge in [0.25, 0.3) is 0 Å². The van der Waals surface area contributed by atoms with E-state index in [0.717, 1.165) is 64.4 Å². The van der Waals surface area contributed by atoms with Crippen LogP contribution >= 0.6 is 0 Å². The van der Waals surface area contributed by atoms with Crippen LogP contribution in [0.25, 0.3) is 10.8 Å². The van der Waals surface area contributed by atoms with Crippen LogP contribution in [0.3, 0.4) is 0 Å². The maximum absolute atomic E-state index is 12.5. The summed E-state index contributed by atoms with van der Waals surface area (Å²) in [5.41, 5.74) is 1.26. The third kappa shape index (κ3) is 4.31. The van der Waals surface area contributed by atoms with Gasteiger partial charge in [-0.05, 0) is 36.1 Å². The highest BCUT2D eigenvalue weighted by atomic mass is 16.5. The van der Waals surface area contributed by atoms with Crippen LogP contribution in [0.4, 0.5) is 0 Å². The number of ether oxygens (including phenoxy) is 1. The Morgan fingerprint density at radius 1 is 0.893 bits per heavy atom. The van der Waals surface area contributed by atoms with Gasteiger partial charge in [0.1, 0.15) is 5.75 Å². The number of methoxy groups -OCH3 is 1. The molecular formula is C23H31N3O2. The van der Waals surface area contributed by atoms with E-state index in [4.69, 9.17) is 4.74 Å². The van der Waals surface area contributed by atoms with Gasteiger partial charge in [0, 0.05) is 51.4 Å². The number of fused-ring (bicyclic) bond motifs is 1. The Bertz CT molecular complexity index is 809. The van der Waals surface area contributed by atoms with Gasteiger partial charge in [-0.15, -0.1) is 0 Å². The largest absolute Gasteiger partial charge is 0.496 e. The van der Waals surface area contributed by atoms with Crippen molar-refractivity contribution in [1.82, 2.24) is 14.7 Å². The number of carbonyl (C=O) groups is 1. The minimum absolute atomic E-state index is 0.309. The first-order valence-corrected chi connectivity index (χ1v) is 10.5. The van der Waals surface area contributed by atoms with E-state index in [-0.39, 0.29) is 0 Å². The number of piperazine rings is 1. The average Bonchev–Trinajstić information content (AvgIpc) is 2.76. The highest BCUT2D eigenvalue weighted by Crippen LogP contribution is 2.29. The van der Waals surface area contributed by atoms with E-state index in [1.54, 1.807) is 7.11 Å². The van der Waals surface area contributed by atoms with Gasteiger partial charge in [-0.3, -0.25) is 14.6 Å². The monoisotopic (exact) mass is 381 g/mol. The molecule has 2 aliphatic rings. The Morgan fingerprint density at radius 3 is 2.36 bits per heavy atom. The normalized spacial score (nSPS) is 19.1. The number of carbonyl (C=O) groups excluding carboxylic acids is 1. The highest BCUT2D eigenvalue weighted by Gasteiger charge is 2.23. The zero-order chi connectivity index (χ0) is 19.3. The highest BCUT2D eigenvalue weighted by molar-refractivity contribution is 5.87. The quantitative estimate of drug-likeness (QED) is 0.798. The smallest absolute Gasteiger partial charge is 0.236 e. The SMILES string of the molecule is COc1ccc2ccccc2c1CN1CCN(CC(=O)N2CCCCC2)CC1. The topological polar surface area (TPSA) is 36.0 Å². The van der Waals surface area contributed by atoms with Gasteiger partial charge < -0.3 is 9.64 Å². The number of rotatable bonds is 5. The predicted octanol–water partition coefficient (Wildman–Crippen LogP) is 2.98. The molecule has 2 aromatic carbocycles. The van der Waals surface area contributed by atoms with Crippen LogP contribution in [0.2, 0.25) is 0 Å². The van der Waals surface area contributed by atoms with Gasteiger partial charge in [0.05, 0.1) is 13.7 Å². The molecule has 0 aliphatic carbocycles. The molecule has 0 N–H and O–H groups in total. The van der Waals surface area contributed by atoms with Crippen molar-refractivity contribution in [2.45, 2.75) is 25.8 Å². The van der Waals surface area contributed by atoms with Gasteiger partial charge in [-0.25, -0.2) is 0 Å². The van der Waals surface area contributed by atoms with E-state index in [9.17, 15) is 4.79 Å². The lowest BCUT2D eigenvalue weighted by Crippen LogP contribution is -2.50. The van der Waals surface area contributed by atoms with Crippen molar-refractivity contribution in [3.63, 3.8) is 0 Å². The number of nitrogens with zero attached hydrogens (tertiary/aromatic N) is 3. The summed E-state index contributed by atoms with van der Waals surface area (Å²) in [4.78, 5) is 19.4. The van der Waals surface area contributed by atoms with Crippen LogP contribution in [-0.4, -0.2) is 73.5 Å². The Balaban J connectivity index is 1.36. The molecule has 2 heterocycles. The summed E-state index contributed by atoms with van der Waals surface area (Å²) in [6.45, 7) is 7.22. The molecule has 2 saturated heterocycles. The molecule has 0 bridgehead atoms. The molecule has 0 spiro atoms. The number of hydrogen-bond donors (Lipinski definition) is 0. The predicted molar refractivity (Wildman–Crippen MR) is 113 cm³/mol. The summed E-state index contributed by atoms with van der Waals surface area (Å²) in [6.07, 6.45) is 3.58. The average molecular weight is 382 g/mol. The fraction of sp³-hybridized carbons (Fsp3) is 0.522. The lowest BCUT2D eigenvalue weighted by Gasteiger charge is -2.36. The molecular weight excluding hydrogens is 350 g/mol. The van der Waals surface area contributed by atoms with Gasteiger partial charge in [0.2, 0.25) is 5.91 Å². The number of hydrogen-bond acceptors (Lipinski definition) is 4. The van der Waals surface area contributed by atoms with Crippen molar-refractivity contribution in [2.24, 2.45) is 0 Å². The van der Waals surface area contributed by atoms with Crippen LogP contribution in [0.1, 0.15) is 24.8 Å². The maximum atomic E-state index is 12.5. The van der Waals surface area contributed by atoms with E-state index in [1.165, 1.54) is 22.8 Å². The molecule has 5 heteroatoms. The molecule has 0 saturated carbocycles. The van der Waals surface area contributed by atoms with Gasteiger partial charge >= 0.3 is 0 Å². The Hall–Kier alpha value is -2.11. The molecule has 2 aromatic rings. The molecule has 0 unspecified atom stereocenters. The lowest BCUT2D eigenvalue weighted by atomic mass is 10.0. The number of likely N-dealkylation sites (tertiary alicyclic amines) is 1. The minimum Gasteiger partial charge on any atom is -0.496 e. The molecule has 0 radical (unpaired) electrons. The number of amides is 1. The van der Waals surface area contributed by atoms with Gasteiger partial charge in [-0.2, -0.15) is 0 Å². The second-order valence-electron chi connectivity index (χ2n) is 7.96. The van der Waals surface area contributed by atoms with E-state index in [2.05, 4.69) is 51.1 Å². The van der Waals surface area contributed by atoms with Gasteiger partial charge in [-0.1, -0.05) is 30.3 Å². The van der Waals surface area contributed by atoms with Crippen LogP contribution in [-0.2, 0) is 11.3 Å². The van der Waals surface area contributed by atoms with Crippen molar-refractivity contribution in [2.75, 3.05) is 52.9 Å². The van der Waals surface area contributed by atoms with Crippen LogP contribution < -0.4 is 4.74 Å². The van der Waals surface area contributed by atoms with Crippen LogP contribution in [0.5, 0.6) is 5.75 Å². The van der Waals surface area contributed by atoms with Crippen molar-refractivity contribution in [1.29, 1.82) is 0 Å². The molecule has 5 nitrogen and oxygen atoms in total. The summed E-state index contributed by atoms with van der Waals surface area (Å²) >= 11 is 0. The molecule has 0 atom stereocenters. The molecule has 0 aromatic heterocycles. The fourth-order valence-electron chi connectivity index (χ4n) is 4.43. The molecule has 4 rings (SSSR count). The molecule has 28 heavy (non-hydrogen) atoms. The molecule has 2 aliphatic heterocycles. The van der Waals surface area contributed by atoms with E-state index in [1.807, 2.05) is 0 Å². The Labute approximate surface area is 167 Å². The van der Waals surface area contributed by atoms with E-state index < -0.39 is 0 Å². The van der Waals surface area contributed by atoms with Crippen LogP contribution in [0.15, 0.2) is 36.4 Å². The fourth-order valence-corrected chi connectivity index (χ4v) is 4.43. The zero-order valence-corrected chi connectivity index (χ0v) is 16.9. The van der Waals surface area contributed by atoms with Crippen molar-refractivity contribution < 1.29 is 9.53 Å². The zero-order valence-electron chi connectivity index (χ0n) is 16.9. The first-order chi connectivity index (χ1) is 13.7. The summed E-state index contributed by atoms with van der Waals surface area (Å²) in [5, 5.41) is 2.52. The minimum atomic E-state index is 0.309.